The lowest BCUT2D eigenvalue weighted by atomic mass is 9.76. The zero-order valence-corrected chi connectivity index (χ0v) is 9.75. The van der Waals surface area contributed by atoms with Crippen LogP contribution in [0.1, 0.15) is 25.7 Å². The van der Waals surface area contributed by atoms with Crippen LogP contribution in [0.4, 0.5) is 13.2 Å². The Morgan fingerprint density at radius 1 is 1.28 bits per heavy atom. The molecular weight excluding hydrogens is 253 g/mol. The van der Waals surface area contributed by atoms with E-state index in [9.17, 15) is 27.6 Å². The molecule has 0 N–H and O–H groups in total. The maximum absolute atomic E-state index is 12.1. The van der Waals surface area contributed by atoms with E-state index in [0.29, 0.717) is 12.8 Å². The predicted octanol–water partition coefficient (Wildman–Crippen LogP) is 1.67. The summed E-state index contributed by atoms with van der Waals surface area (Å²) in [5.41, 5.74) is 0. The monoisotopic (exact) mass is 266 g/mol. The number of Topliss-reactive ketones (excluding diaryl/α,β-unsaturated/α-hetero) is 2. The fraction of sp³-hybridized carbons (Fsp3) is 0.727. The molecule has 0 spiro atoms. The van der Waals surface area contributed by atoms with Crippen molar-refractivity contribution in [1.29, 1.82) is 0 Å². The van der Waals surface area contributed by atoms with Crippen molar-refractivity contribution < 1.29 is 32.3 Å². The zero-order valence-electron chi connectivity index (χ0n) is 9.75. The normalized spacial score (nSPS) is 17.8. The van der Waals surface area contributed by atoms with Gasteiger partial charge in [0, 0.05) is 12.3 Å². The Kier molecular flexibility index (Phi) is 4.48. The third-order valence-corrected chi connectivity index (χ3v) is 3.04. The van der Waals surface area contributed by atoms with Gasteiger partial charge in [0.15, 0.2) is 5.78 Å². The Balaban J connectivity index is 2.75. The number of hydrogen-bond acceptors (Lipinski definition) is 4. The molecule has 1 aliphatic rings. The Labute approximate surface area is 101 Å². The highest BCUT2D eigenvalue weighted by molar-refractivity contribution is 6.04. The average Bonchev–Trinajstić information content (AvgIpc) is 2.20. The number of carbonyl (C=O) groups is 3. The molecule has 1 unspecified atom stereocenters. The topological polar surface area (TPSA) is 60.4 Å². The van der Waals surface area contributed by atoms with Crippen molar-refractivity contribution in [2.45, 2.75) is 31.9 Å². The Morgan fingerprint density at radius 3 is 2.17 bits per heavy atom. The average molecular weight is 266 g/mol. The van der Waals surface area contributed by atoms with E-state index in [4.69, 9.17) is 0 Å². The van der Waals surface area contributed by atoms with Crippen LogP contribution >= 0.6 is 0 Å². The van der Waals surface area contributed by atoms with Crippen molar-refractivity contribution in [1.82, 2.24) is 0 Å². The lowest BCUT2D eigenvalue weighted by Gasteiger charge is -2.27. The highest BCUT2D eigenvalue weighted by atomic mass is 19.4. The first-order valence-corrected chi connectivity index (χ1v) is 5.49. The largest absolute Gasteiger partial charge is 0.468 e. The smallest absolute Gasteiger partial charge is 0.450 e. The van der Waals surface area contributed by atoms with Crippen molar-refractivity contribution in [2.24, 2.45) is 11.8 Å². The van der Waals surface area contributed by atoms with E-state index in [0.717, 1.165) is 13.5 Å². The molecule has 1 aliphatic carbocycles. The molecule has 0 aromatic rings. The number of methoxy groups -OCH3 is 1. The molecule has 0 aliphatic heterocycles. The van der Waals surface area contributed by atoms with Crippen molar-refractivity contribution in [2.75, 3.05) is 7.11 Å². The highest BCUT2D eigenvalue weighted by Crippen LogP contribution is 2.32. The quantitative estimate of drug-likeness (QED) is 0.561. The van der Waals surface area contributed by atoms with Gasteiger partial charge in [-0.15, -0.1) is 0 Å². The van der Waals surface area contributed by atoms with Crippen LogP contribution < -0.4 is 0 Å². The molecule has 1 atom stereocenters. The molecule has 0 aromatic carbocycles. The van der Waals surface area contributed by atoms with Crippen LogP contribution in [0.2, 0.25) is 0 Å². The molecule has 7 heteroatoms. The number of esters is 1. The van der Waals surface area contributed by atoms with E-state index in [1.165, 1.54) is 0 Å². The molecule has 1 saturated carbocycles. The maximum Gasteiger partial charge on any atom is 0.450 e. The molecule has 0 aromatic heterocycles. The summed E-state index contributed by atoms with van der Waals surface area (Å²) in [6.07, 6.45) is -4.30. The van der Waals surface area contributed by atoms with Gasteiger partial charge in [-0.1, -0.05) is 6.42 Å². The van der Waals surface area contributed by atoms with Crippen molar-refractivity contribution in [3.63, 3.8) is 0 Å². The lowest BCUT2D eigenvalue weighted by molar-refractivity contribution is -0.174. The molecule has 0 heterocycles. The van der Waals surface area contributed by atoms with Crippen LogP contribution in [0.15, 0.2) is 0 Å². The maximum atomic E-state index is 12.1. The summed E-state index contributed by atoms with van der Waals surface area (Å²) in [4.78, 5) is 33.9. The first-order chi connectivity index (χ1) is 8.27. The minimum absolute atomic E-state index is 0.421. The summed E-state index contributed by atoms with van der Waals surface area (Å²) in [5.74, 6) is -5.83. The number of ketones is 2. The second-order valence-electron chi connectivity index (χ2n) is 4.23. The second-order valence-corrected chi connectivity index (χ2v) is 4.23. The summed E-state index contributed by atoms with van der Waals surface area (Å²) in [6.45, 7) is 0. The van der Waals surface area contributed by atoms with Crippen LogP contribution in [0.3, 0.4) is 0 Å². The number of hydrogen-bond donors (Lipinski definition) is 0. The first kappa shape index (κ1) is 14.7. The molecule has 0 amide bonds. The van der Waals surface area contributed by atoms with Gasteiger partial charge in [-0.05, 0) is 12.8 Å². The molecule has 102 valence electrons. The Hall–Kier alpha value is -1.40. The summed E-state index contributed by atoms with van der Waals surface area (Å²) < 4.78 is 40.7. The SMILES string of the molecule is COC(=O)C(CC(=O)C(F)(F)F)C(=O)C1CCC1. The molecule has 0 saturated heterocycles. The van der Waals surface area contributed by atoms with Crippen LogP contribution in [-0.2, 0) is 19.1 Å². The number of halogens is 3. The van der Waals surface area contributed by atoms with E-state index in [2.05, 4.69) is 4.74 Å². The summed E-state index contributed by atoms with van der Waals surface area (Å²) in [5, 5.41) is 0. The van der Waals surface area contributed by atoms with E-state index in [1.54, 1.807) is 0 Å². The van der Waals surface area contributed by atoms with Gasteiger partial charge in [-0.2, -0.15) is 13.2 Å². The van der Waals surface area contributed by atoms with Gasteiger partial charge in [0.2, 0.25) is 5.78 Å². The van der Waals surface area contributed by atoms with Gasteiger partial charge in [-0.25, -0.2) is 0 Å². The van der Waals surface area contributed by atoms with Gasteiger partial charge >= 0.3 is 12.1 Å². The molecule has 18 heavy (non-hydrogen) atoms. The van der Waals surface area contributed by atoms with E-state index in [-0.39, 0.29) is 0 Å². The van der Waals surface area contributed by atoms with Crippen LogP contribution in [0, 0.1) is 11.8 Å². The molecule has 1 fully saturated rings. The van der Waals surface area contributed by atoms with Gasteiger partial charge in [-0.3, -0.25) is 14.4 Å². The van der Waals surface area contributed by atoms with Gasteiger partial charge < -0.3 is 4.74 Å². The second kappa shape index (κ2) is 5.49. The number of carbonyl (C=O) groups excluding carboxylic acids is 3. The van der Waals surface area contributed by atoms with Crippen molar-refractivity contribution >= 4 is 17.5 Å². The Bertz CT molecular complexity index is 358. The Morgan fingerprint density at radius 2 is 1.83 bits per heavy atom. The van der Waals surface area contributed by atoms with Gasteiger partial charge in [0.1, 0.15) is 5.92 Å². The molecule has 0 radical (unpaired) electrons. The number of rotatable bonds is 5. The van der Waals surface area contributed by atoms with Crippen molar-refractivity contribution in [3.05, 3.63) is 0 Å². The third kappa shape index (κ3) is 3.30. The summed E-state index contributed by atoms with van der Waals surface area (Å²) in [6, 6.07) is 0. The number of alkyl halides is 3. The molecule has 4 nitrogen and oxygen atoms in total. The standard InChI is InChI=1S/C11H13F3O4/c1-18-10(17)7(5-8(15)11(12,13)14)9(16)6-3-2-4-6/h6-7H,2-5H2,1H3. The molecule has 0 bridgehead atoms. The van der Waals surface area contributed by atoms with E-state index < -0.39 is 42.0 Å². The van der Waals surface area contributed by atoms with Gasteiger partial charge in [0.25, 0.3) is 0 Å². The first-order valence-electron chi connectivity index (χ1n) is 5.49. The molecular formula is C11H13F3O4. The van der Waals surface area contributed by atoms with E-state index >= 15 is 0 Å². The van der Waals surface area contributed by atoms with Crippen LogP contribution in [0.5, 0.6) is 0 Å². The summed E-state index contributed by atoms with van der Waals surface area (Å²) in [7, 11) is 0.974. The van der Waals surface area contributed by atoms with E-state index in [1.807, 2.05) is 0 Å². The molecule has 1 rings (SSSR count). The highest BCUT2D eigenvalue weighted by Gasteiger charge is 2.44. The minimum Gasteiger partial charge on any atom is -0.468 e. The third-order valence-electron chi connectivity index (χ3n) is 3.04. The van der Waals surface area contributed by atoms with Crippen LogP contribution in [-0.4, -0.2) is 30.8 Å². The summed E-state index contributed by atoms with van der Waals surface area (Å²) >= 11 is 0. The zero-order chi connectivity index (χ0) is 13.9. The lowest BCUT2D eigenvalue weighted by Crippen LogP contribution is -2.37. The van der Waals surface area contributed by atoms with Crippen LogP contribution in [0.25, 0.3) is 0 Å². The fourth-order valence-electron chi connectivity index (χ4n) is 1.72. The fourth-order valence-corrected chi connectivity index (χ4v) is 1.72. The predicted molar refractivity (Wildman–Crippen MR) is 53.5 cm³/mol. The van der Waals surface area contributed by atoms with Crippen molar-refractivity contribution in [3.8, 4) is 0 Å². The minimum atomic E-state index is -5.04. The van der Waals surface area contributed by atoms with Gasteiger partial charge in [0.05, 0.1) is 7.11 Å². The number of ether oxygens (including phenoxy) is 1.